The van der Waals surface area contributed by atoms with Gasteiger partial charge in [-0.2, -0.15) is 0 Å². The molecular weight excluding hydrogens is 486 g/mol. The summed E-state index contributed by atoms with van der Waals surface area (Å²) in [7, 11) is 6.77. The first-order chi connectivity index (χ1) is 19.1. The number of hydrogen-bond donors (Lipinski definition) is 1. The highest BCUT2D eigenvalue weighted by Crippen LogP contribution is 2.51. The van der Waals surface area contributed by atoms with Gasteiger partial charge in [-0.05, 0) is 109 Å². The smallest absolute Gasteiger partial charge is 0.120 e. The van der Waals surface area contributed by atoms with Gasteiger partial charge in [0, 0.05) is 16.6 Å². The van der Waals surface area contributed by atoms with Crippen LogP contribution in [0, 0.1) is 0 Å². The number of rotatable bonds is 5. The lowest BCUT2D eigenvalue weighted by Gasteiger charge is -2.22. The van der Waals surface area contributed by atoms with Crippen molar-refractivity contribution in [1.82, 2.24) is 0 Å². The average molecular weight is 514 g/mol. The minimum atomic E-state index is 0.720. The summed E-state index contributed by atoms with van der Waals surface area (Å²) in [5.41, 5.74) is 9.70. The van der Waals surface area contributed by atoms with Gasteiger partial charge in [0.15, 0.2) is 0 Å². The topological polar surface area (TPSA) is 62.9 Å². The minimum absolute atomic E-state index is 0.720. The summed E-state index contributed by atoms with van der Waals surface area (Å²) < 4.78 is 22.6. The Bertz CT molecular complexity index is 2040. The van der Waals surface area contributed by atoms with Crippen LogP contribution in [0.2, 0.25) is 0 Å². The molecule has 5 nitrogen and oxygen atoms in total. The quantitative estimate of drug-likeness (QED) is 0.143. The Labute approximate surface area is 225 Å². The monoisotopic (exact) mass is 513 g/mol. The summed E-state index contributed by atoms with van der Waals surface area (Å²) in [6.45, 7) is 0. The molecule has 0 saturated carbocycles. The van der Waals surface area contributed by atoms with Crippen LogP contribution in [-0.4, -0.2) is 28.4 Å². The maximum absolute atomic E-state index is 6.94. The van der Waals surface area contributed by atoms with E-state index in [2.05, 4.69) is 54.6 Å². The molecule has 0 spiro atoms. The van der Waals surface area contributed by atoms with Crippen molar-refractivity contribution in [2.75, 3.05) is 34.2 Å². The zero-order valence-corrected chi connectivity index (χ0v) is 22.2. The summed E-state index contributed by atoms with van der Waals surface area (Å²) in [6, 6.07) is 27.0. The van der Waals surface area contributed by atoms with Gasteiger partial charge in [-0.25, -0.2) is 0 Å². The van der Waals surface area contributed by atoms with Crippen molar-refractivity contribution in [3.8, 4) is 34.1 Å². The highest BCUT2D eigenvalue weighted by molar-refractivity contribution is 6.42. The number of ether oxygens (including phenoxy) is 4. The van der Waals surface area contributed by atoms with Crippen LogP contribution in [0.25, 0.3) is 65.0 Å². The van der Waals surface area contributed by atoms with Crippen molar-refractivity contribution in [3.63, 3.8) is 0 Å². The Balaban J connectivity index is 1.81. The fraction of sp³-hybridized carbons (Fsp3) is 0.118. The second kappa shape index (κ2) is 8.57. The van der Waals surface area contributed by atoms with E-state index in [-0.39, 0.29) is 0 Å². The summed E-state index contributed by atoms with van der Waals surface area (Å²) in [4.78, 5) is 0. The molecule has 0 unspecified atom stereocenters. The maximum Gasteiger partial charge on any atom is 0.120 e. The van der Waals surface area contributed by atoms with Crippen molar-refractivity contribution in [2.24, 2.45) is 0 Å². The third-order valence-corrected chi connectivity index (χ3v) is 7.93. The maximum atomic E-state index is 6.94. The zero-order valence-electron chi connectivity index (χ0n) is 22.2. The highest BCUT2D eigenvalue weighted by Gasteiger charge is 2.23. The van der Waals surface area contributed by atoms with Crippen LogP contribution in [-0.2, 0) is 0 Å². The third-order valence-electron chi connectivity index (χ3n) is 7.93. The number of nitrogen functional groups attached to an aromatic ring is 1. The molecule has 0 bridgehead atoms. The van der Waals surface area contributed by atoms with E-state index in [0.717, 1.165) is 88.3 Å². The van der Waals surface area contributed by atoms with Gasteiger partial charge in [-0.3, -0.25) is 0 Å². The van der Waals surface area contributed by atoms with Crippen molar-refractivity contribution in [2.45, 2.75) is 0 Å². The molecule has 7 rings (SSSR count). The van der Waals surface area contributed by atoms with Gasteiger partial charge in [0.1, 0.15) is 23.0 Å². The predicted molar refractivity (Wildman–Crippen MR) is 161 cm³/mol. The number of hydrogen-bond acceptors (Lipinski definition) is 5. The third kappa shape index (κ3) is 3.26. The van der Waals surface area contributed by atoms with Crippen LogP contribution in [0.1, 0.15) is 0 Å². The van der Waals surface area contributed by atoms with E-state index >= 15 is 0 Å². The molecule has 2 N–H and O–H groups in total. The van der Waals surface area contributed by atoms with Gasteiger partial charge in [-0.15, -0.1) is 0 Å². The van der Waals surface area contributed by atoms with Gasteiger partial charge in [-0.1, -0.05) is 24.3 Å². The molecule has 0 aromatic heterocycles. The van der Waals surface area contributed by atoms with E-state index in [9.17, 15) is 0 Å². The minimum Gasteiger partial charge on any atom is -0.497 e. The normalized spacial score (nSPS) is 11.7. The first-order valence-electron chi connectivity index (χ1n) is 12.8. The first kappa shape index (κ1) is 23.2. The van der Waals surface area contributed by atoms with Gasteiger partial charge >= 0.3 is 0 Å². The molecule has 0 fully saturated rings. The summed E-state index contributed by atoms with van der Waals surface area (Å²) >= 11 is 0. The Kier molecular flexibility index (Phi) is 5.10. The fourth-order valence-electron chi connectivity index (χ4n) is 6.14. The fourth-order valence-corrected chi connectivity index (χ4v) is 6.14. The molecule has 0 amide bonds. The second-order valence-electron chi connectivity index (χ2n) is 9.79. The van der Waals surface area contributed by atoms with E-state index < -0.39 is 0 Å². The van der Waals surface area contributed by atoms with Crippen LogP contribution >= 0.6 is 0 Å². The molecule has 0 aliphatic rings. The lowest BCUT2D eigenvalue weighted by Crippen LogP contribution is -1.98. The average Bonchev–Trinajstić information content (AvgIpc) is 2.99. The molecule has 0 aliphatic heterocycles. The number of anilines is 1. The summed E-state index contributed by atoms with van der Waals surface area (Å²) in [5, 5.41) is 11.2. The lowest BCUT2D eigenvalue weighted by molar-refractivity contribution is 0.415. The molecule has 39 heavy (non-hydrogen) atoms. The molecule has 0 heterocycles. The first-order valence-corrected chi connectivity index (χ1v) is 12.8. The number of nitrogens with two attached hydrogens (primary N) is 1. The Morgan fingerprint density at radius 2 is 0.897 bits per heavy atom. The van der Waals surface area contributed by atoms with Gasteiger partial charge in [0.25, 0.3) is 0 Å². The molecule has 5 heteroatoms. The molecule has 192 valence electrons. The lowest BCUT2D eigenvalue weighted by atomic mass is 9.82. The summed E-state index contributed by atoms with van der Waals surface area (Å²) in [6.07, 6.45) is 0. The highest BCUT2D eigenvalue weighted by atomic mass is 16.5. The van der Waals surface area contributed by atoms with Crippen LogP contribution in [0.5, 0.6) is 23.0 Å². The van der Waals surface area contributed by atoms with Crippen LogP contribution in [0.15, 0.2) is 78.9 Å². The zero-order chi connectivity index (χ0) is 26.8. The van der Waals surface area contributed by atoms with Crippen LogP contribution in [0.3, 0.4) is 0 Å². The molecule has 0 saturated heterocycles. The van der Waals surface area contributed by atoms with E-state index in [0.29, 0.717) is 0 Å². The van der Waals surface area contributed by atoms with Crippen molar-refractivity contribution in [3.05, 3.63) is 78.9 Å². The number of benzene rings is 7. The van der Waals surface area contributed by atoms with Gasteiger partial charge in [0.05, 0.1) is 28.4 Å². The van der Waals surface area contributed by atoms with E-state index in [1.807, 2.05) is 24.3 Å². The SMILES string of the molecule is COc1ccc(-c2c(N)cc3c4ccc(OC)cc4c4cc(OC)cc5c6cc(OC)ccc6c2c3c45)cc1. The Morgan fingerprint density at radius 1 is 0.410 bits per heavy atom. The van der Waals surface area contributed by atoms with Crippen molar-refractivity contribution < 1.29 is 18.9 Å². The van der Waals surface area contributed by atoms with Crippen molar-refractivity contribution in [1.29, 1.82) is 0 Å². The Hall–Kier alpha value is -4.90. The van der Waals surface area contributed by atoms with Crippen LogP contribution < -0.4 is 24.7 Å². The van der Waals surface area contributed by atoms with E-state index in [4.69, 9.17) is 24.7 Å². The van der Waals surface area contributed by atoms with E-state index in [1.54, 1.807) is 28.4 Å². The second-order valence-corrected chi connectivity index (χ2v) is 9.79. The number of fused-ring (bicyclic) bond motifs is 6. The van der Waals surface area contributed by atoms with Crippen LogP contribution in [0.4, 0.5) is 5.69 Å². The summed E-state index contributed by atoms with van der Waals surface area (Å²) in [5.74, 6) is 3.19. The largest absolute Gasteiger partial charge is 0.497 e. The molecule has 0 atom stereocenters. The molecule has 0 aliphatic carbocycles. The van der Waals surface area contributed by atoms with Gasteiger partial charge < -0.3 is 24.7 Å². The standard InChI is InChI=1S/C34H27NO4/c1-36-19-7-5-18(6-8-19)31-30(35)17-29-23-11-9-20(37-2)13-25(23)27-15-22(39-4)16-28-26-14-21(38-3)10-12-24(26)33(31)34(29)32(27)28/h5-17H,35H2,1-4H3. The van der Waals surface area contributed by atoms with Gasteiger partial charge in [0.2, 0.25) is 0 Å². The molecule has 0 radical (unpaired) electrons. The predicted octanol–water partition coefficient (Wildman–Crippen LogP) is 8.17. The van der Waals surface area contributed by atoms with Crippen molar-refractivity contribution >= 4 is 59.5 Å². The Morgan fingerprint density at radius 3 is 1.49 bits per heavy atom. The van der Waals surface area contributed by atoms with E-state index in [1.165, 1.54) is 5.39 Å². The molecule has 7 aromatic carbocycles. The molecular formula is C34H27NO4. The number of methoxy groups -OCH3 is 4. The molecule has 7 aromatic rings.